The van der Waals surface area contributed by atoms with Crippen molar-refractivity contribution in [2.24, 2.45) is 7.05 Å². The molecule has 0 unspecified atom stereocenters. The van der Waals surface area contributed by atoms with Gasteiger partial charge in [-0.2, -0.15) is 5.10 Å². The molecule has 8 nitrogen and oxygen atoms in total. The second-order valence-corrected chi connectivity index (χ2v) is 6.00. The number of rotatable bonds is 4. The molecule has 2 aromatic heterocycles. The van der Waals surface area contributed by atoms with E-state index in [1.165, 1.54) is 23.2 Å². The Kier molecular flexibility index (Phi) is 4.48. The molecule has 24 heavy (non-hydrogen) atoms. The minimum atomic E-state index is -0.190. The second kappa shape index (κ2) is 6.56. The Bertz CT molecular complexity index is 810. The van der Waals surface area contributed by atoms with Crippen LogP contribution < -0.4 is 10.9 Å². The first-order valence-electron chi connectivity index (χ1n) is 7.97. The number of aromatic nitrogens is 4. The Hall–Kier alpha value is -2.48. The van der Waals surface area contributed by atoms with Gasteiger partial charge in [-0.1, -0.05) is 0 Å². The molecule has 0 saturated carbocycles. The Balaban J connectivity index is 1.72. The summed E-state index contributed by atoms with van der Waals surface area (Å²) in [6.07, 6.45) is 3.51. The van der Waals surface area contributed by atoms with Crippen molar-refractivity contribution in [1.82, 2.24) is 24.6 Å². The number of aryl methyl sites for hydroxylation is 1. The number of ether oxygens (including phenoxy) is 1. The maximum atomic E-state index is 12.6. The van der Waals surface area contributed by atoms with Gasteiger partial charge in [-0.25, -0.2) is 4.98 Å². The number of carbonyl (C=O) groups excluding carboxylic acids is 1. The van der Waals surface area contributed by atoms with Crippen molar-refractivity contribution in [3.63, 3.8) is 0 Å². The van der Waals surface area contributed by atoms with Gasteiger partial charge in [0, 0.05) is 44.4 Å². The van der Waals surface area contributed by atoms with E-state index in [2.05, 4.69) is 15.4 Å². The highest BCUT2D eigenvalue weighted by Gasteiger charge is 2.31. The molecule has 1 aliphatic rings. The third-order valence-electron chi connectivity index (χ3n) is 4.14. The van der Waals surface area contributed by atoms with Crippen LogP contribution in [0.2, 0.25) is 0 Å². The van der Waals surface area contributed by atoms with Crippen molar-refractivity contribution in [3.8, 4) is 0 Å². The summed E-state index contributed by atoms with van der Waals surface area (Å²) in [7, 11) is 1.76. The van der Waals surface area contributed by atoms with Crippen LogP contribution in [-0.4, -0.2) is 37.9 Å². The second-order valence-electron chi connectivity index (χ2n) is 6.00. The molecule has 3 rings (SSSR count). The van der Waals surface area contributed by atoms with Crippen molar-refractivity contribution in [1.29, 1.82) is 0 Å². The minimum absolute atomic E-state index is 0.0530. The number of fused-ring (bicyclic) bond motifs is 1. The monoisotopic (exact) mass is 331 g/mol. The van der Waals surface area contributed by atoms with Gasteiger partial charge in [0.2, 0.25) is 0 Å². The lowest BCUT2D eigenvalue weighted by Crippen LogP contribution is -2.33. The zero-order valence-corrected chi connectivity index (χ0v) is 14.0. The molecule has 8 heteroatoms. The minimum Gasteiger partial charge on any atom is -0.369 e. The fraction of sp³-hybridized carbons (Fsp3) is 0.500. The van der Waals surface area contributed by atoms with Crippen LogP contribution in [0.3, 0.4) is 0 Å². The number of hydrogen-bond acceptors (Lipinski definition) is 5. The van der Waals surface area contributed by atoms with Gasteiger partial charge in [0.05, 0.1) is 24.2 Å². The molecular weight excluding hydrogens is 310 g/mol. The van der Waals surface area contributed by atoms with E-state index in [-0.39, 0.29) is 23.7 Å². The lowest BCUT2D eigenvalue weighted by Gasteiger charge is -2.24. The molecular formula is C16H21N5O3. The number of carbonyl (C=O) groups is 1. The summed E-state index contributed by atoms with van der Waals surface area (Å²) in [6, 6.07) is 1.39. The average Bonchev–Trinajstić information content (AvgIpc) is 2.85. The normalized spacial score (nSPS) is 19.8. The Morgan fingerprint density at radius 3 is 3.00 bits per heavy atom. The Labute approximate surface area is 139 Å². The predicted molar refractivity (Wildman–Crippen MR) is 86.7 cm³/mol. The summed E-state index contributed by atoms with van der Waals surface area (Å²) in [5, 5.41) is 7.29. The van der Waals surface area contributed by atoms with Crippen LogP contribution in [-0.2, 0) is 24.8 Å². The summed E-state index contributed by atoms with van der Waals surface area (Å²) >= 11 is 0. The van der Waals surface area contributed by atoms with E-state index in [1.807, 2.05) is 13.8 Å². The zero-order valence-electron chi connectivity index (χ0n) is 14.0. The van der Waals surface area contributed by atoms with Crippen LogP contribution >= 0.6 is 0 Å². The Morgan fingerprint density at radius 2 is 2.25 bits per heavy atom. The van der Waals surface area contributed by atoms with E-state index in [4.69, 9.17) is 4.74 Å². The van der Waals surface area contributed by atoms with Crippen LogP contribution in [0.5, 0.6) is 0 Å². The molecule has 0 aromatic carbocycles. The highest BCUT2D eigenvalue weighted by molar-refractivity contribution is 5.94. The maximum absolute atomic E-state index is 12.6. The summed E-state index contributed by atoms with van der Waals surface area (Å²) < 4.78 is 8.82. The van der Waals surface area contributed by atoms with Crippen LogP contribution in [0.1, 0.15) is 41.7 Å². The van der Waals surface area contributed by atoms with E-state index in [0.717, 1.165) is 11.3 Å². The SMILES string of the molecule is C[C@@H]1Cc2c(nn(C)c2C(=O)NCCn2cnccc2=O)[C@H](C)O1. The van der Waals surface area contributed by atoms with Gasteiger partial charge in [0.15, 0.2) is 0 Å². The molecule has 0 aliphatic carbocycles. The van der Waals surface area contributed by atoms with Gasteiger partial charge in [-0.05, 0) is 13.8 Å². The van der Waals surface area contributed by atoms with Crippen LogP contribution in [0.25, 0.3) is 0 Å². The van der Waals surface area contributed by atoms with Gasteiger partial charge in [0.1, 0.15) is 5.69 Å². The number of nitrogens with zero attached hydrogens (tertiary/aromatic N) is 4. The highest BCUT2D eigenvalue weighted by atomic mass is 16.5. The predicted octanol–water partition coefficient (Wildman–Crippen LogP) is 0.429. The van der Waals surface area contributed by atoms with Gasteiger partial charge in [0.25, 0.3) is 11.5 Å². The molecule has 0 saturated heterocycles. The summed E-state index contributed by atoms with van der Waals surface area (Å²) in [6.45, 7) is 4.64. The third-order valence-corrected chi connectivity index (χ3v) is 4.14. The Morgan fingerprint density at radius 1 is 1.46 bits per heavy atom. The van der Waals surface area contributed by atoms with Crippen molar-refractivity contribution in [2.75, 3.05) is 6.54 Å². The van der Waals surface area contributed by atoms with Crippen LogP contribution in [0.15, 0.2) is 23.4 Å². The van der Waals surface area contributed by atoms with E-state index >= 15 is 0 Å². The molecule has 3 heterocycles. The number of amides is 1. The molecule has 0 spiro atoms. The van der Waals surface area contributed by atoms with Gasteiger partial charge >= 0.3 is 0 Å². The molecule has 0 fully saturated rings. The smallest absolute Gasteiger partial charge is 0.269 e. The summed E-state index contributed by atoms with van der Waals surface area (Å²) in [5.41, 5.74) is 2.19. The zero-order chi connectivity index (χ0) is 17.3. The first-order valence-corrected chi connectivity index (χ1v) is 7.97. The molecule has 1 aliphatic heterocycles. The van der Waals surface area contributed by atoms with Crippen LogP contribution in [0.4, 0.5) is 0 Å². The van der Waals surface area contributed by atoms with Gasteiger partial charge in [-0.3, -0.25) is 18.8 Å². The largest absolute Gasteiger partial charge is 0.369 e. The van der Waals surface area contributed by atoms with E-state index < -0.39 is 0 Å². The summed E-state index contributed by atoms with van der Waals surface area (Å²) in [4.78, 5) is 28.1. The molecule has 128 valence electrons. The molecule has 1 amide bonds. The molecule has 2 aromatic rings. The highest BCUT2D eigenvalue weighted by Crippen LogP contribution is 2.30. The fourth-order valence-corrected chi connectivity index (χ4v) is 3.07. The molecule has 0 bridgehead atoms. The lowest BCUT2D eigenvalue weighted by molar-refractivity contribution is -0.00709. The summed E-state index contributed by atoms with van der Waals surface area (Å²) in [5.74, 6) is -0.190. The van der Waals surface area contributed by atoms with E-state index in [9.17, 15) is 9.59 Å². The van der Waals surface area contributed by atoms with Gasteiger partial charge < -0.3 is 10.1 Å². The third kappa shape index (κ3) is 3.09. The van der Waals surface area contributed by atoms with E-state index in [0.29, 0.717) is 25.2 Å². The average molecular weight is 331 g/mol. The van der Waals surface area contributed by atoms with Crippen molar-refractivity contribution < 1.29 is 9.53 Å². The first kappa shape index (κ1) is 16.4. The van der Waals surface area contributed by atoms with Crippen LogP contribution in [0, 0.1) is 0 Å². The maximum Gasteiger partial charge on any atom is 0.269 e. The molecule has 2 atom stereocenters. The van der Waals surface area contributed by atoms with Crippen molar-refractivity contribution >= 4 is 5.91 Å². The fourth-order valence-electron chi connectivity index (χ4n) is 3.07. The van der Waals surface area contributed by atoms with Crippen molar-refractivity contribution in [2.45, 2.75) is 39.0 Å². The van der Waals surface area contributed by atoms with Gasteiger partial charge in [-0.15, -0.1) is 0 Å². The number of nitrogens with one attached hydrogen (secondary N) is 1. The molecule has 0 radical (unpaired) electrons. The molecule has 1 N–H and O–H groups in total. The lowest BCUT2D eigenvalue weighted by atomic mass is 9.99. The van der Waals surface area contributed by atoms with Crippen molar-refractivity contribution in [3.05, 3.63) is 45.9 Å². The topological polar surface area (TPSA) is 91.0 Å². The van der Waals surface area contributed by atoms with E-state index in [1.54, 1.807) is 11.7 Å². The first-order chi connectivity index (χ1) is 11.5. The standard InChI is InChI=1S/C16H21N5O3/c1-10-8-12-14(11(2)24-10)19-20(3)15(12)16(23)18-6-7-21-9-17-5-4-13(21)22/h4-5,9-11H,6-8H2,1-3H3,(H,18,23)/t10-,11+/m1/s1. The number of hydrogen-bond donors (Lipinski definition) is 1. The quantitative estimate of drug-likeness (QED) is 0.877.